The van der Waals surface area contributed by atoms with Crippen LogP contribution < -0.4 is 5.32 Å². The van der Waals surface area contributed by atoms with E-state index in [-0.39, 0.29) is 11.3 Å². The van der Waals surface area contributed by atoms with Gasteiger partial charge in [-0.25, -0.2) is 4.98 Å². The van der Waals surface area contributed by atoms with Gasteiger partial charge in [0.1, 0.15) is 5.52 Å². The zero-order valence-electron chi connectivity index (χ0n) is 18.1. The van der Waals surface area contributed by atoms with Gasteiger partial charge in [0.25, 0.3) is 11.6 Å². The smallest absolute Gasteiger partial charge is 0.273 e. The Hall–Kier alpha value is -4.00. The Morgan fingerprint density at radius 1 is 1.12 bits per heavy atom. The lowest BCUT2D eigenvalue weighted by molar-refractivity contribution is -0.385. The van der Waals surface area contributed by atoms with Crippen molar-refractivity contribution in [3.8, 4) is 11.5 Å². The number of carbonyl (C=O) groups is 1. The Balaban J connectivity index is 1.52. The second-order valence-corrected chi connectivity index (χ2v) is 7.85. The topological polar surface area (TPSA) is 98.3 Å². The number of amides is 1. The molecule has 3 aromatic carbocycles. The number of anilines is 1. The van der Waals surface area contributed by atoms with Gasteiger partial charge in [-0.1, -0.05) is 26.0 Å². The van der Waals surface area contributed by atoms with Crippen molar-refractivity contribution >= 4 is 28.4 Å². The minimum absolute atomic E-state index is 0.0829. The molecule has 1 heterocycles. The van der Waals surface area contributed by atoms with E-state index in [9.17, 15) is 14.9 Å². The molecule has 1 N–H and O–H groups in total. The molecule has 0 aliphatic rings. The lowest BCUT2D eigenvalue weighted by Crippen LogP contribution is -2.12. The molecule has 0 saturated carbocycles. The minimum atomic E-state index is -0.493. The third-order valence-electron chi connectivity index (χ3n) is 5.65. The van der Waals surface area contributed by atoms with E-state index in [1.54, 1.807) is 31.2 Å². The van der Waals surface area contributed by atoms with Crippen LogP contribution in [-0.4, -0.2) is 15.8 Å². The van der Waals surface area contributed by atoms with Crippen LogP contribution in [0.25, 0.3) is 22.6 Å². The number of rotatable bonds is 6. The molecule has 32 heavy (non-hydrogen) atoms. The van der Waals surface area contributed by atoms with Gasteiger partial charge in [-0.15, -0.1) is 0 Å². The third kappa shape index (κ3) is 4.23. The zero-order valence-corrected chi connectivity index (χ0v) is 18.1. The molecule has 0 bridgehead atoms. The molecule has 7 nitrogen and oxygen atoms in total. The Bertz CT molecular complexity index is 1310. The molecule has 0 aliphatic heterocycles. The van der Waals surface area contributed by atoms with E-state index in [4.69, 9.17) is 4.42 Å². The summed E-state index contributed by atoms with van der Waals surface area (Å²) in [5.41, 5.74) is 4.77. The standard InChI is InChI=1S/C25H23N3O4/c1-4-15(2)18-9-12-23-21(13-18)27-25(32-23)17-7-10-20(11-8-17)26-24(29)19-6-5-16(3)22(14-19)28(30)31/h5-15H,4H2,1-3H3,(H,26,29)/t15-/m0/s1. The van der Waals surface area contributed by atoms with E-state index >= 15 is 0 Å². The summed E-state index contributed by atoms with van der Waals surface area (Å²) < 4.78 is 5.90. The number of carbonyl (C=O) groups excluding carboxylic acids is 1. The number of nitro groups is 1. The fraction of sp³-hybridized carbons (Fsp3) is 0.200. The van der Waals surface area contributed by atoms with Crippen LogP contribution in [0, 0.1) is 17.0 Å². The Kier molecular flexibility index (Phi) is 5.73. The van der Waals surface area contributed by atoms with Crippen LogP contribution in [0.2, 0.25) is 0 Å². The summed E-state index contributed by atoms with van der Waals surface area (Å²) in [7, 11) is 0. The maximum absolute atomic E-state index is 12.5. The van der Waals surface area contributed by atoms with E-state index in [1.165, 1.54) is 11.6 Å². The highest BCUT2D eigenvalue weighted by Crippen LogP contribution is 2.29. The number of hydrogen-bond donors (Lipinski definition) is 1. The highest BCUT2D eigenvalue weighted by atomic mass is 16.6. The van der Waals surface area contributed by atoms with Crippen LogP contribution in [0.15, 0.2) is 65.1 Å². The Labute approximate surface area is 185 Å². The lowest BCUT2D eigenvalue weighted by Gasteiger charge is -2.07. The van der Waals surface area contributed by atoms with Crippen molar-refractivity contribution in [2.75, 3.05) is 5.32 Å². The fourth-order valence-electron chi connectivity index (χ4n) is 3.46. The van der Waals surface area contributed by atoms with Crippen molar-refractivity contribution in [1.29, 1.82) is 0 Å². The number of oxazole rings is 1. The van der Waals surface area contributed by atoms with Gasteiger partial charge in [-0.2, -0.15) is 0 Å². The maximum atomic E-state index is 12.5. The van der Waals surface area contributed by atoms with Crippen LogP contribution in [0.5, 0.6) is 0 Å². The first-order valence-corrected chi connectivity index (χ1v) is 10.4. The average Bonchev–Trinajstić information content (AvgIpc) is 3.22. The minimum Gasteiger partial charge on any atom is -0.436 e. The highest BCUT2D eigenvalue weighted by molar-refractivity contribution is 6.04. The molecule has 0 spiro atoms. The van der Waals surface area contributed by atoms with E-state index in [1.807, 2.05) is 18.2 Å². The lowest BCUT2D eigenvalue weighted by atomic mass is 9.98. The number of nitrogens with zero attached hydrogens (tertiary/aromatic N) is 2. The summed E-state index contributed by atoms with van der Waals surface area (Å²) in [6, 6.07) is 17.6. The van der Waals surface area contributed by atoms with Crippen LogP contribution in [0.4, 0.5) is 11.4 Å². The van der Waals surface area contributed by atoms with Gasteiger partial charge < -0.3 is 9.73 Å². The van der Waals surface area contributed by atoms with Crippen molar-refractivity contribution in [2.24, 2.45) is 0 Å². The van der Waals surface area contributed by atoms with E-state index < -0.39 is 10.8 Å². The molecule has 4 rings (SSSR count). The molecular formula is C25H23N3O4. The van der Waals surface area contributed by atoms with Crippen molar-refractivity contribution in [2.45, 2.75) is 33.1 Å². The summed E-state index contributed by atoms with van der Waals surface area (Å²) in [6.07, 6.45) is 1.05. The second kappa shape index (κ2) is 8.63. The van der Waals surface area contributed by atoms with E-state index in [0.717, 1.165) is 23.1 Å². The van der Waals surface area contributed by atoms with Crippen molar-refractivity contribution in [3.63, 3.8) is 0 Å². The quantitative estimate of drug-likeness (QED) is 0.279. The van der Waals surface area contributed by atoms with Crippen LogP contribution in [-0.2, 0) is 0 Å². The first-order valence-electron chi connectivity index (χ1n) is 10.4. The zero-order chi connectivity index (χ0) is 22.8. The summed E-state index contributed by atoms with van der Waals surface area (Å²) in [5.74, 6) is 0.547. The van der Waals surface area contributed by atoms with E-state index in [2.05, 4.69) is 36.3 Å². The second-order valence-electron chi connectivity index (χ2n) is 7.85. The van der Waals surface area contributed by atoms with Crippen molar-refractivity contribution < 1.29 is 14.1 Å². The molecule has 0 fully saturated rings. The van der Waals surface area contributed by atoms with Gasteiger partial charge in [0.15, 0.2) is 5.58 Å². The molecular weight excluding hydrogens is 406 g/mol. The predicted octanol–water partition coefficient (Wildman–Crippen LogP) is 6.48. The van der Waals surface area contributed by atoms with Gasteiger partial charge in [0.05, 0.1) is 4.92 Å². The molecule has 0 aliphatic carbocycles. The summed E-state index contributed by atoms with van der Waals surface area (Å²) >= 11 is 0. The summed E-state index contributed by atoms with van der Waals surface area (Å²) in [5, 5.41) is 13.9. The normalized spacial score (nSPS) is 12.0. The number of aryl methyl sites for hydroxylation is 1. The number of aromatic nitrogens is 1. The number of nitro benzene ring substituents is 1. The van der Waals surface area contributed by atoms with Crippen molar-refractivity contribution in [3.05, 3.63) is 87.5 Å². The number of fused-ring (bicyclic) bond motifs is 1. The highest BCUT2D eigenvalue weighted by Gasteiger charge is 2.16. The molecule has 1 amide bonds. The van der Waals surface area contributed by atoms with Gasteiger partial charge in [0.2, 0.25) is 5.89 Å². The molecule has 7 heteroatoms. The monoisotopic (exact) mass is 429 g/mol. The molecule has 1 aromatic heterocycles. The van der Waals surface area contributed by atoms with Gasteiger partial charge in [0, 0.05) is 28.4 Å². The number of nitrogens with one attached hydrogen (secondary N) is 1. The predicted molar refractivity (Wildman–Crippen MR) is 124 cm³/mol. The maximum Gasteiger partial charge on any atom is 0.273 e. The molecule has 0 saturated heterocycles. The SMILES string of the molecule is CC[C@H](C)c1ccc2oc(-c3ccc(NC(=O)c4ccc(C)c([N+](=O)[O-])c4)cc3)nc2c1. The number of benzene rings is 3. The van der Waals surface area contributed by atoms with Gasteiger partial charge in [-0.3, -0.25) is 14.9 Å². The van der Waals surface area contributed by atoms with Crippen molar-refractivity contribution in [1.82, 2.24) is 4.98 Å². The first kappa shape index (κ1) is 21.2. The molecule has 1 atom stereocenters. The Morgan fingerprint density at radius 3 is 2.56 bits per heavy atom. The largest absolute Gasteiger partial charge is 0.436 e. The summed E-state index contributed by atoms with van der Waals surface area (Å²) in [6.45, 7) is 5.98. The molecule has 0 unspecified atom stereocenters. The average molecular weight is 429 g/mol. The molecule has 162 valence electrons. The van der Waals surface area contributed by atoms with Crippen LogP contribution in [0.3, 0.4) is 0 Å². The summed E-state index contributed by atoms with van der Waals surface area (Å²) in [4.78, 5) is 27.8. The van der Waals surface area contributed by atoms with E-state index in [0.29, 0.717) is 23.1 Å². The van der Waals surface area contributed by atoms with Crippen LogP contribution in [0.1, 0.15) is 47.7 Å². The van der Waals surface area contributed by atoms with Crippen LogP contribution >= 0.6 is 0 Å². The molecule has 4 aromatic rings. The third-order valence-corrected chi connectivity index (χ3v) is 5.65. The van der Waals surface area contributed by atoms with Gasteiger partial charge in [-0.05, 0) is 67.3 Å². The fourth-order valence-corrected chi connectivity index (χ4v) is 3.46. The first-order chi connectivity index (χ1) is 15.4. The molecule has 0 radical (unpaired) electrons. The number of hydrogen-bond acceptors (Lipinski definition) is 5. The van der Waals surface area contributed by atoms with Gasteiger partial charge >= 0.3 is 0 Å². The Morgan fingerprint density at radius 2 is 1.88 bits per heavy atom.